The maximum atomic E-state index is 11.6. The number of hydrogen-bond donors (Lipinski definition) is 3. The van der Waals surface area contributed by atoms with Crippen molar-refractivity contribution in [1.29, 1.82) is 0 Å². The molecule has 0 saturated heterocycles. The molecule has 6 nitrogen and oxygen atoms in total. The maximum absolute atomic E-state index is 11.6. The van der Waals surface area contributed by atoms with Gasteiger partial charge in [0.15, 0.2) is 5.82 Å². The van der Waals surface area contributed by atoms with Crippen LogP contribution in [0.15, 0.2) is 6.07 Å². The number of nitrogens with zero attached hydrogens (tertiary/aromatic N) is 1. The summed E-state index contributed by atoms with van der Waals surface area (Å²) in [5, 5.41) is 17.4. The lowest BCUT2D eigenvalue weighted by Gasteiger charge is -2.07. The van der Waals surface area contributed by atoms with Gasteiger partial charge >= 0.3 is 5.97 Å². The highest BCUT2D eigenvalue weighted by molar-refractivity contribution is 5.92. The number of carbonyl (C=O) groups excluding carboxylic acids is 1. The van der Waals surface area contributed by atoms with Gasteiger partial charge < -0.3 is 10.4 Å². The molecule has 0 radical (unpaired) electrons. The second-order valence-electron chi connectivity index (χ2n) is 4.71. The molecule has 0 spiro atoms. The largest absolute Gasteiger partial charge is 0.477 e. The summed E-state index contributed by atoms with van der Waals surface area (Å²) in [6.07, 6.45) is 6.36. The molecule has 0 bridgehead atoms. The zero-order valence-corrected chi connectivity index (χ0v) is 10.1. The fourth-order valence-corrected chi connectivity index (χ4v) is 2.33. The highest BCUT2D eigenvalue weighted by Crippen LogP contribution is 2.28. The molecule has 2 rings (SSSR count). The SMILES string of the molecule is O=C(CCC1CCCC1)Nc1cc(C(=O)O)[nH]n1. The van der Waals surface area contributed by atoms with E-state index in [9.17, 15) is 9.59 Å². The molecule has 1 aliphatic rings. The third kappa shape index (κ3) is 3.32. The predicted octanol–water partition coefficient (Wildman–Crippen LogP) is 2.02. The molecule has 1 aliphatic carbocycles. The minimum absolute atomic E-state index is 0.0268. The zero-order chi connectivity index (χ0) is 13.0. The Balaban J connectivity index is 1.77. The van der Waals surface area contributed by atoms with Crippen LogP contribution in [0.25, 0.3) is 0 Å². The molecule has 1 saturated carbocycles. The normalized spacial score (nSPS) is 15.8. The van der Waals surface area contributed by atoms with Gasteiger partial charge in [0.1, 0.15) is 5.69 Å². The van der Waals surface area contributed by atoms with Crippen molar-refractivity contribution in [3.63, 3.8) is 0 Å². The molecular formula is C12H17N3O3. The summed E-state index contributed by atoms with van der Waals surface area (Å²) in [7, 11) is 0. The molecule has 18 heavy (non-hydrogen) atoms. The second-order valence-corrected chi connectivity index (χ2v) is 4.71. The van der Waals surface area contributed by atoms with Crippen molar-refractivity contribution < 1.29 is 14.7 Å². The molecule has 0 unspecified atom stereocenters. The Morgan fingerprint density at radius 3 is 2.78 bits per heavy atom. The van der Waals surface area contributed by atoms with Crippen molar-refractivity contribution in [2.24, 2.45) is 5.92 Å². The summed E-state index contributed by atoms with van der Waals surface area (Å²) in [6.45, 7) is 0. The molecule has 3 N–H and O–H groups in total. The summed E-state index contributed by atoms with van der Waals surface area (Å²) in [4.78, 5) is 22.3. The summed E-state index contributed by atoms with van der Waals surface area (Å²) in [5.74, 6) is -0.257. The van der Waals surface area contributed by atoms with Gasteiger partial charge in [-0.05, 0) is 12.3 Å². The lowest BCUT2D eigenvalue weighted by atomic mass is 10.0. The number of hydrogen-bond acceptors (Lipinski definition) is 3. The maximum Gasteiger partial charge on any atom is 0.353 e. The fourth-order valence-electron chi connectivity index (χ4n) is 2.33. The monoisotopic (exact) mass is 251 g/mol. The lowest BCUT2D eigenvalue weighted by Crippen LogP contribution is -2.13. The van der Waals surface area contributed by atoms with Crippen molar-refractivity contribution in [3.05, 3.63) is 11.8 Å². The van der Waals surface area contributed by atoms with Crippen LogP contribution in [0.2, 0.25) is 0 Å². The fraction of sp³-hybridized carbons (Fsp3) is 0.583. The number of amides is 1. The van der Waals surface area contributed by atoms with Crippen LogP contribution in [0, 0.1) is 5.92 Å². The topological polar surface area (TPSA) is 95.1 Å². The Morgan fingerprint density at radius 1 is 1.44 bits per heavy atom. The van der Waals surface area contributed by atoms with Gasteiger partial charge in [0.25, 0.3) is 0 Å². The van der Waals surface area contributed by atoms with Crippen molar-refractivity contribution in [2.75, 3.05) is 5.32 Å². The number of carboxylic acids is 1. The van der Waals surface area contributed by atoms with Crippen LogP contribution >= 0.6 is 0 Å². The summed E-state index contributed by atoms with van der Waals surface area (Å²) in [5.41, 5.74) is -0.0268. The third-order valence-corrected chi connectivity index (χ3v) is 3.33. The summed E-state index contributed by atoms with van der Waals surface area (Å²) in [6, 6.07) is 1.32. The van der Waals surface area contributed by atoms with E-state index in [1.54, 1.807) is 0 Å². The number of aromatic amines is 1. The number of anilines is 1. The van der Waals surface area contributed by atoms with E-state index in [-0.39, 0.29) is 17.4 Å². The minimum Gasteiger partial charge on any atom is -0.477 e. The first-order chi connectivity index (χ1) is 8.65. The van der Waals surface area contributed by atoms with Gasteiger partial charge in [-0.1, -0.05) is 25.7 Å². The van der Waals surface area contributed by atoms with Crippen molar-refractivity contribution in [1.82, 2.24) is 10.2 Å². The molecule has 6 heteroatoms. The molecule has 0 aromatic carbocycles. The molecule has 98 valence electrons. The Morgan fingerprint density at radius 2 is 2.17 bits per heavy atom. The number of H-pyrrole nitrogens is 1. The van der Waals surface area contributed by atoms with Gasteiger partial charge in [0.05, 0.1) is 0 Å². The van der Waals surface area contributed by atoms with E-state index < -0.39 is 5.97 Å². The molecule has 1 amide bonds. The highest BCUT2D eigenvalue weighted by Gasteiger charge is 2.16. The van der Waals surface area contributed by atoms with E-state index in [1.807, 2.05) is 0 Å². The Bertz CT molecular complexity index is 436. The quantitative estimate of drug-likeness (QED) is 0.746. The molecule has 1 fully saturated rings. The molecule has 0 atom stereocenters. The molecule has 1 heterocycles. The van der Waals surface area contributed by atoms with Crippen LogP contribution in [0.3, 0.4) is 0 Å². The molecule has 1 aromatic heterocycles. The van der Waals surface area contributed by atoms with Crippen molar-refractivity contribution >= 4 is 17.7 Å². The highest BCUT2D eigenvalue weighted by atomic mass is 16.4. The van der Waals surface area contributed by atoms with Gasteiger partial charge in [-0.3, -0.25) is 9.89 Å². The number of carboxylic acid groups (broad SMARTS) is 1. The van der Waals surface area contributed by atoms with Crippen LogP contribution in [-0.2, 0) is 4.79 Å². The van der Waals surface area contributed by atoms with Crippen LogP contribution in [0.1, 0.15) is 49.0 Å². The third-order valence-electron chi connectivity index (χ3n) is 3.33. The van der Waals surface area contributed by atoms with Gasteiger partial charge in [0, 0.05) is 12.5 Å². The number of nitrogens with one attached hydrogen (secondary N) is 2. The number of aromatic nitrogens is 2. The molecular weight excluding hydrogens is 234 g/mol. The number of aromatic carboxylic acids is 1. The zero-order valence-electron chi connectivity index (χ0n) is 10.1. The Kier molecular flexibility index (Phi) is 3.96. The van der Waals surface area contributed by atoms with E-state index in [0.717, 1.165) is 6.42 Å². The molecule has 0 aliphatic heterocycles. The average Bonchev–Trinajstić information content (AvgIpc) is 2.96. The van der Waals surface area contributed by atoms with Crippen LogP contribution in [0.5, 0.6) is 0 Å². The standard InChI is InChI=1S/C12H17N3O3/c16-11(6-5-8-3-1-2-4-8)13-10-7-9(12(17)18)14-15-10/h7-8H,1-6H2,(H,17,18)(H2,13,14,15,16). The molecule has 1 aromatic rings. The van der Waals surface area contributed by atoms with Crippen molar-refractivity contribution in [3.8, 4) is 0 Å². The van der Waals surface area contributed by atoms with E-state index >= 15 is 0 Å². The summed E-state index contributed by atoms with van der Waals surface area (Å²) >= 11 is 0. The Labute approximate surface area is 105 Å². The van der Waals surface area contributed by atoms with Crippen LogP contribution < -0.4 is 5.32 Å². The minimum atomic E-state index is -1.09. The van der Waals surface area contributed by atoms with Gasteiger partial charge in [-0.2, -0.15) is 5.10 Å². The smallest absolute Gasteiger partial charge is 0.353 e. The first-order valence-electron chi connectivity index (χ1n) is 6.23. The van der Waals surface area contributed by atoms with Crippen LogP contribution in [0.4, 0.5) is 5.82 Å². The van der Waals surface area contributed by atoms with Gasteiger partial charge in [0.2, 0.25) is 5.91 Å². The number of carbonyl (C=O) groups is 2. The van der Waals surface area contributed by atoms with E-state index in [4.69, 9.17) is 5.11 Å². The van der Waals surface area contributed by atoms with Crippen LogP contribution in [-0.4, -0.2) is 27.2 Å². The second kappa shape index (κ2) is 5.66. The van der Waals surface area contributed by atoms with Gasteiger partial charge in [-0.15, -0.1) is 0 Å². The summed E-state index contributed by atoms with van der Waals surface area (Å²) < 4.78 is 0. The predicted molar refractivity (Wildman–Crippen MR) is 65.4 cm³/mol. The van der Waals surface area contributed by atoms with E-state index in [1.165, 1.54) is 31.7 Å². The van der Waals surface area contributed by atoms with E-state index in [2.05, 4.69) is 15.5 Å². The number of rotatable bonds is 5. The van der Waals surface area contributed by atoms with Crippen molar-refractivity contribution in [2.45, 2.75) is 38.5 Å². The van der Waals surface area contributed by atoms with Gasteiger partial charge in [-0.25, -0.2) is 4.79 Å². The first-order valence-corrected chi connectivity index (χ1v) is 6.23. The lowest BCUT2D eigenvalue weighted by molar-refractivity contribution is -0.116. The van der Waals surface area contributed by atoms with E-state index in [0.29, 0.717) is 12.3 Å². The average molecular weight is 251 g/mol. The Hall–Kier alpha value is -1.85. The first kappa shape index (κ1) is 12.6.